The molecule has 1 N–H and O–H groups in total. The second-order valence-corrected chi connectivity index (χ2v) is 11.5. The van der Waals surface area contributed by atoms with Gasteiger partial charge in [-0.1, -0.05) is 36.4 Å². The number of hydrogen-bond donors (Lipinski definition) is 1. The average molecular weight is 502 g/mol. The number of amides is 1. The van der Waals surface area contributed by atoms with Crippen LogP contribution in [-0.2, 0) is 23.2 Å². The van der Waals surface area contributed by atoms with E-state index in [-0.39, 0.29) is 23.2 Å². The minimum atomic E-state index is -0.344. The molecule has 3 heterocycles. The van der Waals surface area contributed by atoms with Crippen LogP contribution in [0.25, 0.3) is 10.9 Å². The predicted octanol–water partition coefficient (Wildman–Crippen LogP) is 6.62. The van der Waals surface area contributed by atoms with Gasteiger partial charge in [0.25, 0.3) is 0 Å². The lowest BCUT2D eigenvalue weighted by Gasteiger charge is -2.51. The molecule has 1 amide bonds. The summed E-state index contributed by atoms with van der Waals surface area (Å²) >= 11 is 1.65. The lowest BCUT2D eigenvalue weighted by atomic mass is 9.69. The third kappa shape index (κ3) is 3.74. The molecule has 1 spiro atoms. The molecule has 0 radical (unpaired) electrons. The second kappa shape index (κ2) is 9.07. The Bertz CT molecular complexity index is 1400. The summed E-state index contributed by atoms with van der Waals surface area (Å²) in [6.45, 7) is 0.743. The Labute approximate surface area is 215 Å². The highest BCUT2D eigenvalue weighted by atomic mass is 32.1. The SMILES string of the molecule is CN(C)c1c(F)cccc1C1CCC2(CC1)c1[nH]c3ccccc3c1CCN2C(=O)Cc1cccs1. The molecule has 6 heteroatoms. The number of H-pyrrole nitrogens is 1. The van der Waals surface area contributed by atoms with Crippen molar-refractivity contribution < 1.29 is 9.18 Å². The Morgan fingerprint density at radius 2 is 1.92 bits per heavy atom. The van der Waals surface area contributed by atoms with E-state index in [1.54, 1.807) is 17.4 Å². The zero-order valence-corrected chi connectivity index (χ0v) is 21.7. The molecule has 2 aromatic carbocycles. The number of nitrogens with one attached hydrogen (secondary N) is 1. The van der Waals surface area contributed by atoms with Gasteiger partial charge in [0.2, 0.25) is 5.91 Å². The van der Waals surface area contributed by atoms with Crippen LogP contribution in [0.15, 0.2) is 60.0 Å². The number of carbonyl (C=O) groups is 1. The van der Waals surface area contributed by atoms with Crippen molar-refractivity contribution in [1.82, 2.24) is 9.88 Å². The van der Waals surface area contributed by atoms with Crippen molar-refractivity contribution in [2.24, 2.45) is 0 Å². The molecule has 4 nitrogen and oxygen atoms in total. The minimum absolute atomic E-state index is 0.166. The standard InChI is InChI=1S/C30H32FN3OS/c1-33(2)28-22(9-5-10-25(28)31)20-12-15-30(16-13-20)29-24(23-8-3-4-11-26(23)32-29)14-17-34(30)27(35)19-21-7-6-18-36-21/h3-11,18,20,32H,12-17,19H2,1-2H3. The van der Waals surface area contributed by atoms with Gasteiger partial charge in [-0.3, -0.25) is 4.79 Å². The summed E-state index contributed by atoms with van der Waals surface area (Å²) in [7, 11) is 3.82. The zero-order chi connectivity index (χ0) is 24.9. The topological polar surface area (TPSA) is 39.3 Å². The van der Waals surface area contributed by atoms with Gasteiger partial charge in [0, 0.05) is 42.1 Å². The van der Waals surface area contributed by atoms with Crippen LogP contribution >= 0.6 is 11.3 Å². The van der Waals surface area contributed by atoms with Gasteiger partial charge in [-0.15, -0.1) is 11.3 Å². The van der Waals surface area contributed by atoms with E-state index in [1.807, 2.05) is 36.5 Å². The van der Waals surface area contributed by atoms with Gasteiger partial charge in [-0.25, -0.2) is 4.39 Å². The molecule has 1 fully saturated rings. The Kier molecular flexibility index (Phi) is 5.87. The van der Waals surface area contributed by atoms with E-state index >= 15 is 0 Å². The van der Waals surface area contributed by atoms with E-state index in [0.29, 0.717) is 12.1 Å². The number of carbonyl (C=O) groups excluding carboxylic acids is 1. The quantitative estimate of drug-likeness (QED) is 0.342. The predicted molar refractivity (Wildman–Crippen MR) is 145 cm³/mol. The molecule has 0 saturated heterocycles. The van der Waals surface area contributed by atoms with Crippen LogP contribution in [-0.4, -0.2) is 36.4 Å². The first kappa shape index (κ1) is 23.3. The normalized spacial score (nSPS) is 21.6. The molecule has 2 aromatic heterocycles. The summed E-state index contributed by atoms with van der Waals surface area (Å²) in [5.74, 6) is 0.314. The third-order valence-corrected chi connectivity index (χ3v) is 9.18. The first-order valence-corrected chi connectivity index (χ1v) is 13.7. The van der Waals surface area contributed by atoms with Crippen molar-refractivity contribution >= 4 is 33.8 Å². The molecule has 6 rings (SSSR count). The molecule has 0 atom stereocenters. The maximum absolute atomic E-state index is 14.8. The molecular weight excluding hydrogens is 469 g/mol. The van der Waals surface area contributed by atoms with Crippen LogP contribution in [0, 0.1) is 5.82 Å². The number of aromatic amines is 1. The van der Waals surface area contributed by atoms with Crippen LogP contribution in [0.2, 0.25) is 0 Å². The van der Waals surface area contributed by atoms with Crippen LogP contribution in [0.5, 0.6) is 0 Å². The van der Waals surface area contributed by atoms with Gasteiger partial charge in [-0.2, -0.15) is 0 Å². The van der Waals surface area contributed by atoms with E-state index in [9.17, 15) is 9.18 Å². The molecule has 36 heavy (non-hydrogen) atoms. The van der Waals surface area contributed by atoms with Crippen LogP contribution < -0.4 is 4.90 Å². The lowest BCUT2D eigenvalue weighted by molar-refractivity contribution is -0.140. The van der Waals surface area contributed by atoms with Crippen LogP contribution in [0.3, 0.4) is 0 Å². The second-order valence-electron chi connectivity index (χ2n) is 10.5. The van der Waals surface area contributed by atoms with Gasteiger partial charge in [0.05, 0.1) is 17.6 Å². The van der Waals surface area contributed by atoms with Crippen molar-refractivity contribution in [3.8, 4) is 0 Å². The van der Waals surface area contributed by atoms with E-state index in [2.05, 4.69) is 46.3 Å². The van der Waals surface area contributed by atoms with Gasteiger partial charge < -0.3 is 14.8 Å². The van der Waals surface area contributed by atoms with Crippen molar-refractivity contribution in [3.63, 3.8) is 0 Å². The number of fused-ring (bicyclic) bond motifs is 4. The van der Waals surface area contributed by atoms with E-state index < -0.39 is 0 Å². The molecule has 186 valence electrons. The largest absolute Gasteiger partial charge is 0.375 e. The molecule has 2 aliphatic rings. The van der Waals surface area contributed by atoms with Crippen LogP contribution in [0.4, 0.5) is 10.1 Å². The van der Waals surface area contributed by atoms with Gasteiger partial charge in [0.15, 0.2) is 0 Å². The van der Waals surface area contributed by atoms with Gasteiger partial charge >= 0.3 is 0 Å². The highest BCUT2D eigenvalue weighted by Gasteiger charge is 2.49. The maximum atomic E-state index is 14.8. The van der Waals surface area contributed by atoms with E-state index in [4.69, 9.17) is 0 Å². The number of halogens is 1. The Balaban J connectivity index is 1.38. The van der Waals surface area contributed by atoms with Gasteiger partial charge in [-0.05, 0) is 72.7 Å². The number of thiophene rings is 1. The summed E-state index contributed by atoms with van der Waals surface area (Å²) in [5.41, 5.74) is 5.17. The number of rotatable bonds is 4. The number of nitrogens with zero attached hydrogens (tertiary/aromatic N) is 2. The van der Waals surface area contributed by atoms with Crippen molar-refractivity contribution in [2.75, 3.05) is 25.5 Å². The summed E-state index contributed by atoms with van der Waals surface area (Å²) in [5, 5.41) is 3.32. The Morgan fingerprint density at radius 3 is 2.67 bits per heavy atom. The summed E-state index contributed by atoms with van der Waals surface area (Å²) < 4.78 is 14.8. The molecular formula is C30H32FN3OS. The molecule has 1 aliphatic heterocycles. The molecule has 1 aliphatic carbocycles. The number of para-hydroxylation sites is 2. The Hall–Kier alpha value is -3.12. The molecule has 1 saturated carbocycles. The highest BCUT2D eigenvalue weighted by molar-refractivity contribution is 7.10. The highest BCUT2D eigenvalue weighted by Crippen LogP contribution is 2.52. The Morgan fingerprint density at radius 1 is 1.11 bits per heavy atom. The summed E-state index contributed by atoms with van der Waals surface area (Å²) in [4.78, 5) is 22.7. The number of anilines is 1. The number of aromatic nitrogens is 1. The maximum Gasteiger partial charge on any atom is 0.228 e. The monoisotopic (exact) mass is 501 g/mol. The number of hydrogen-bond acceptors (Lipinski definition) is 3. The van der Waals surface area contributed by atoms with E-state index in [0.717, 1.165) is 54.6 Å². The first-order chi connectivity index (χ1) is 17.5. The number of benzene rings is 2. The lowest BCUT2D eigenvalue weighted by Crippen LogP contribution is -2.55. The molecule has 0 bridgehead atoms. The summed E-state index contributed by atoms with van der Waals surface area (Å²) in [6, 6.07) is 18.0. The van der Waals surface area contributed by atoms with Gasteiger partial charge in [0.1, 0.15) is 5.82 Å². The molecule has 0 unspecified atom stereocenters. The fourth-order valence-electron chi connectivity index (χ4n) is 6.71. The smallest absolute Gasteiger partial charge is 0.228 e. The van der Waals surface area contributed by atoms with Crippen molar-refractivity contribution in [3.05, 3.63) is 87.5 Å². The fraction of sp³-hybridized carbons (Fsp3) is 0.367. The van der Waals surface area contributed by atoms with E-state index in [1.165, 1.54) is 16.6 Å². The zero-order valence-electron chi connectivity index (χ0n) is 20.9. The third-order valence-electron chi connectivity index (χ3n) is 8.31. The fourth-order valence-corrected chi connectivity index (χ4v) is 7.41. The van der Waals surface area contributed by atoms with Crippen molar-refractivity contribution in [1.29, 1.82) is 0 Å². The summed E-state index contributed by atoms with van der Waals surface area (Å²) in [6.07, 6.45) is 4.90. The van der Waals surface area contributed by atoms with Crippen LogP contribution in [0.1, 0.15) is 53.3 Å². The van der Waals surface area contributed by atoms with Crippen molar-refractivity contribution in [2.45, 2.75) is 50.0 Å². The first-order valence-electron chi connectivity index (χ1n) is 12.9. The molecule has 4 aromatic rings. The minimum Gasteiger partial charge on any atom is -0.375 e. The average Bonchev–Trinajstić information content (AvgIpc) is 3.52.